The summed E-state index contributed by atoms with van der Waals surface area (Å²) in [5, 5.41) is 0.440. The van der Waals surface area contributed by atoms with Gasteiger partial charge in [0.25, 0.3) is 0 Å². The van der Waals surface area contributed by atoms with Crippen molar-refractivity contribution >= 4 is 23.3 Å². The van der Waals surface area contributed by atoms with Gasteiger partial charge in [-0.1, -0.05) is 18.2 Å². The Hall–Kier alpha value is -1.33. The molecule has 1 aromatic heterocycles. The number of nitrogens with zero attached hydrogens (tertiary/aromatic N) is 1. The highest BCUT2D eigenvalue weighted by Gasteiger charge is 2.38. The predicted molar refractivity (Wildman–Crippen MR) is 62.0 cm³/mol. The quantitative estimate of drug-likeness (QED) is 0.857. The second-order valence-corrected chi connectivity index (χ2v) is 3.44. The number of rotatable bonds is 1. The van der Waals surface area contributed by atoms with Gasteiger partial charge in [0.15, 0.2) is 0 Å². The summed E-state index contributed by atoms with van der Waals surface area (Å²) in [5.74, 6) is 0. The van der Waals surface area contributed by atoms with E-state index in [1.807, 2.05) is 0 Å². The van der Waals surface area contributed by atoms with E-state index in [4.69, 9.17) is 5.73 Å². The number of alkyl halides is 3. The first-order chi connectivity index (χ1) is 7.50. The largest absolute Gasteiger partial charge is 0.407 e. The first kappa shape index (κ1) is 13.7. The lowest BCUT2D eigenvalue weighted by Gasteiger charge is -2.17. The second kappa shape index (κ2) is 4.89. The second-order valence-electron chi connectivity index (χ2n) is 3.44. The molecule has 1 aromatic carbocycles. The van der Waals surface area contributed by atoms with Crippen LogP contribution in [0.3, 0.4) is 0 Å². The SMILES string of the molecule is Cl.N[C@@H](c1ccnc2ccccc12)C(F)(F)F. The Kier molecular flexibility index (Phi) is 3.95. The van der Waals surface area contributed by atoms with Crippen LogP contribution < -0.4 is 5.73 Å². The molecule has 0 aliphatic heterocycles. The summed E-state index contributed by atoms with van der Waals surface area (Å²) in [6, 6.07) is 5.96. The minimum Gasteiger partial charge on any atom is -0.316 e. The Bertz CT molecular complexity index is 508. The van der Waals surface area contributed by atoms with Gasteiger partial charge in [-0.25, -0.2) is 0 Å². The van der Waals surface area contributed by atoms with Gasteiger partial charge >= 0.3 is 6.18 Å². The van der Waals surface area contributed by atoms with Crippen molar-refractivity contribution in [3.05, 3.63) is 42.1 Å². The van der Waals surface area contributed by atoms with E-state index in [1.54, 1.807) is 24.3 Å². The normalized spacial score (nSPS) is 13.2. The summed E-state index contributed by atoms with van der Waals surface area (Å²) in [6.07, 6.45) is -3.10. The van der Waals surface area contributed by atoms with Gasteiger partial charge in [-0.3, -0.25) is 4.98 Å². The molecule has 2 N–H and O–H groups in total. The van der Waals surface area contributed by atoms with Crippen LogP contribution >= 0.6 is 12.4 Å². The molecule has 2 rings (SSSR count). The Labute approximate surface area is 102 Å². The fourth-order valence-electron chi connectivity index (χ4n) is 1.57. The Morgan fingerprint density at radius 2 is 1.76 bits per heavy atom. The molecule has 0 saturated carbocycles. The third-order valence-corrected chi connectivity index (χ3v) is 2.37. The number of aromatic nitrogens is 1. The average Bonchev–Trinajstić information content (AvgIpc) is 2.26. The topological polar surface area (TPSA) is 38.9 Å². The van der Waals surface area contributed by atoms with Gasteiger partial charge < -0.3 is 5.73 Å². The molecule has 0 radical (unpaired) electrons. The average molecular weight is 263 g/mol. The summed E-state index contributed by atoms with van der Waals surface area (Å²) in [4.78, 5) is 3.98. The number of nitrogens with two attached hydrogens (primary N) is 1. The molecule has 17 heavy (non-hydrogen) atoms. The van der Waals surface area contributed by atoms with Crippen molar-refractivity contribution in [2.75, 3.05) is 0 Å². The van der Waals surface area contributed by atoms with Crippen molar-refractivity contribution in [2.45, 2.75) is 12.2 Å². The van der Waals surface area contributed by atoms with Crippen LogP contribution in [0, 0.1) is 0 Å². The number of para-hydroxylation sites is 1. The van der Waals surface area contributed by atoms with Crippen molar-refractivity contribution < 1.29 is 13.2 Å². The summed E-state index contributed by atoms with van der Waals surface area (Å²) < 4.78 is 37.6. The fourth-order valence-corrected chi connectivity index (χ4v) is 1.57. The molecule has 1 heterocycles. The number of pyridine rings is 1. The van der Waals surface area contributed by atoms with Gasteiger partial charge in [-0.05, 0) is 17.7 Å². The molecule has 2 nitrogen and oxygen atoms in total. The third kappa shape index (κ3) is 2.68. The lowest BCUT2D eigenvalue weighted by Crippen LogP contribution is -2.28. The number of benzene rings is 1. The molecule has 0 unspecified atom stereocenters. The summed E-state index contributed by atoms with van der Waals surface area (Å²) >= 11 is 0. The van der Waals surface area contributed by atoms with Crippen molar-refractivity contribution in [3.63, 3.8) is 0 Å². The maximum Gasteiger partial charge on any atom is 0.407 e. The third-order valence-electron chi connectivity index (χ3n) is 2.37. The van der Waals surface area contributed by atoms with Gasteiger partial charge in [0, 0.05) is 11.6 Å². The van der Waals surface area contributed by atoms with E-state index in [2.05, 4.69) is 4.98 Å². The molecule has 6 heteroatoms. The first-order valence-corrected chi connectivity index (χ1v) is 4.66. The fraction of sp³-hybridized carbons (Fsp3) is 0.182. The zero-order valence-electron chi connectivity index (χ0n) is 8.61. The van der Waals surface area contributed by atoms with Crippen LogP contribution in [0.2, 0.25) is 0 Å². The Balaban J connectivity index is 0.00000144. The molecule has 1 atom stereocenters. The van der Waals surface area contributed by atoms with Crippen LogP contribution in [0.5, 0.6) is 0 Å². The highest BCUT2D eigenvalue weighted by atomic mass is 35.5. The maximum atomic E-state index is 12.5. The van der Waals surface area contributed by atoms with E-state index in [0.717, 1.165) is 0 Å². The number of hydrogen-bond acceptors (Lipinski definition) is 2. The maximum absolute atomic E-state index is 12.5. The van der Waals surface area contributed by atoms with E-state index < -0.39 is 12.2 Å². The monoisotopic (exact) mass is 262 g/mol. The first-order valence-electron chi connectivity index (χ1n) is 4.66. The molecule has 0 aliphatic rings. The van der Waals surface area contributed by atoms with E-state index >= 15 is 0 Å². The molecule has 0 saturated heterocycles. The van der Waals surface area contributed by atoms with E-state index in [0.29, 0.717) is 10.9 Å². The molecule has 0 spiro atoms. The minimum absolute atomic E-state index is 0. The molecule has 92 valence electrons. The molecular weight excluding hydrogens is 253 g/mol. The number of fused-ring (bicyclic) bond motifs is 1. The van der Waals surface area contributed by atoms with Crippen molar-refractivity contribution in [3.8, 4) is 0 Å². The lowest BCUT2D eigenvalue weighted by atomic mass is 10.0. The van der Waals surface area contributed by atoms with Crippen LogP contribution in [0.25, 0.3) is 10.9 Å². The van der Waals surface area contributed by atoms with Crippen molar-refractivity contribution in [1.29, 1.82) is 0 Å². The van der Waals surface area contributed by atoms with Gasteiger partial charge in [0.05, 0.1) is 5.52 Å². The van der Waals surface area contributed by atoms with Crippen LogP contribution in [-0.2, 0) is 0 Å². The molecular formula is C11H10ClF3N2. The van der Waals surface area contributed by atoms with Crippen LogP contribution in [0.4, 0.5) is 13.2 Å². The van der Waals surface area contributed by atoms with Crippen LogP contribution in [0.15, 0.2) is 36.5 Å². The highest BCUT2D eigenvalue weighted by Crippen LogP contribution is 2.33. The van der Waals surface area contributed by atoms with Gasteiger partial charge in [-0.2, -0.15) is 13.2 Å². The number of hydrogen-bond donors (Lipinski definition) is 1. The smallest absolute Gasteiger partial charge is 0.316 e. The van der Waals surface area contributed by atoms with Gasteiger partial charge in [-0.15, -0.1) is 12.4 Å². The molecule has 2 aromatic rings. The zero-order chi connectivity index (χ0) is 11.8. The Morgan fingerprint density at radius 1 is 1.12 bits per heavy atom. The van der Waals surface area contributed by atoms with Gasteiger partial charge in [0.1, 0.15) is 6.04 Å². The Morgan fingerprint density at radius 3 is 2.41 bits per heavy atom. The zero-order valence-corrected chi connectivity index (χ0v) is 9.42. The molecule has 0 bridgehead atoms. The summed E-state index contributed by atoms with van der Waals surface area (Å²) in [7, 11) is 0. The van der Waals surface area contributed by atoms with E-state index in [1.165, 1.54) is 12.3 Å². The van der Waals surface area contributed by atoms with Gasteiger partial charge in [0.2, 0.25) is 0 Å². The lowest BCUT2D eigenvalue weighted by molar-refractivity contribution is -0.148. The van der Waals surface area contributed by atoms with Crippen molar-refractivity contribution in [1.82, 2.24) is 4.98 Å². The predicted octanol–water partition coefficient (Wildman–Crippen LogP) is 3.22. The molecule has 0 aliphatic carbocycles. The van der Waals surface area contributed by atoms with Crippen LogP contribution in [-0.4, -0.2) is 11.2 Å². The standard InChI is InChI=1S/C11H9F3N2.ClH/c12-11(13,14)10(15)8-5-6-16-9-4-2-1-3-7(8)9;/h1-6,10H,15H2;1H/t10-;/m0./s1. The highest BCUT2D eigenvalue weighted by molar-refractivity contribution is 5.85. The minimum atomic E-state index is -4.44. The summed E-state index contributed by atoms with van der Waals surface area (Å²) in [6.45, 7) is 0. The molecule has 0 fully saturated rings. The van der Waals surface area contributed by atoms with Crippen molar-refractivity contribution in [2.24, 2.45) is 5.73 Å². The summed E-state index contributed by atoms with van der Waals surface area (Å²) in [5.41, 5.74) is 5.75. The van der Waals surface area contributed by atoms with E-state index in [9.17, 15) is 13.2 Å². The van der Waals surface area contributed by atoms with E-state index in [-0.39, 0.29) is 18.0 Å². The van der Waals surface area contributed by atoms with Crippen LogP contribution in [0.1, 0.15) is 11.6 Å². The number of halogens is 4. The molecule has 0 amide bonds.